The van der Waals surface area contributed by atoms with Crippen molar-refractivity contribution in [2.45, 2.75) is 52.6 Å². The maximum absolute atomic E-state index is 12.5. The predicted molar refractivity (Wildman–Crippen MR) is 99.2 cm³/mol. The molecule has 0 aliphatic heterocycles. The summed E-state index contributed by atoms with van der Waals surface area (Å²) in [7, 11) is 0. The largest absolute Gasteiger partial charge is 0.451 e. The van der Waals surface area contributed by atoms with E-state index in [1.54, 1.807) is 38.1 Å². The second-order valence-corrected chi connectivity index (χ2v) is 6.57. The Kier molecular flexibility index (Phi) is 6.49. The zero-order chi connectivity index (χ0) is 19.3. The molecule has 0 unspecified atom stereocenters. The number of hydrogen-bond acceptors (Lipinski definition) is 5. The quantitative estimate of drug-likeness (QED) is 0.767. The van der Waals surface area contributed by atoms with Crippen molar-refractivity contribution in [3.63, 3.8) is 0 Å². The van der Waals surface area contributed by atoms with Crippen LogP contribution in [0.1, 0.15) is 57.1 Å². The lowest BCUT2D eigenvalue weighted by atomic mass is 10.1. The molecule has 140 valence electrons. The second-order valence-electron chi connectivity index (χ2n) is 6.57. The van der Waals surface area contributed by atoms with Gasteiger partial charge >= 0.3 is 5.97 Å². The molecule has 7 heteroatoms. The Balaban J connectivity index is 2.23. The Morgan fingerprint density at radius 1 is 1.19 bits per heavy atom. The molecule has 0 saturated heterocycles. The Labute approximate surface area is 152 Å². The second kappa shape index (κ2) is 8.60. The van der Waals surface area contributed by atoms with Crippen molar-refractivity contribution in [2.24, 2.45) is 0 Å². The third-order valence-electron chi connectivity index (χ3n) is 3.97. The Bertz CT molecular complexity index is 857. The number of carbonyl (C=O) groups excluding carboxylic acids is 2. The lowest BCUT2D eigenvalue weighted by Gasteiger charge is -2.14. The number of carbonyl (C=O) groups is 2. The summed E-state index contributed by atoms with van der Waals surface area (Å²) in [5.41, 5.74) is -0.235. The monoisotopic (exact) mass is 359 g/mol. The number of nitrogens with one attached hydrogen (secondary N) is 1. The fourth-order valence-corrected chi connectivity index (χ4v) is 2.73. The first-order valence-electron chi connectivity index (χ1n) is 8.83. The van der Waals surface area contributed by atoms with Crippen LogP contribution in [0.5, 0.6) is 0 Å². The van der Waals surface area contributed by atoms with E-state index in [2.05, 4.69) is 10.4 Å². The Morgan fingerprint density at radius 2 is 1.85 bits per heavy atom. The SMILES string of the molecule is CCC[C@H](C)NC(=O)COC(=O)c1nn(C(C)C)c(=O)c2ccccc12. The summed E-state index contributed by atoms with van der Waals surface area (Å²) in [5, 5.41) is 7.75. The number of benzene rings is 1. The minimum absolute atomic E-state index is 0.0213. The molecular weight excluding hydrogens is 334 g/mol. The third kappa shape index (κ3) is 4.47. The fraction of sp³-hybridized carbons (Fsp3) is 0.474. The molecule has 0 aliphatic rings. The number of nitrogens with zero attached hydrogens (tertiary/aromatic N) is 2. The van der Waals surface area contributed by atoms with Crippen LogP contribution in [0.15, 0.2) is 29.1 Å². The predicted octanol–water partition coefficient (Wildman–Crippen LogP) is 2.44. The maximum Gasteiger partial charge on any atom is 0.359 e. The standard InChI is InChI=1S/C19H25N3O4/c1-5-8-13(4)20-16(23)11-26-19(25)17-14-9-6-7-10-15(14)18(24)22(21-17)12(2)3/h6-7,9-10,12-13H,5,8,11H2,1-4H3,(H,20,23)/t13-/m0/s1. The van der Waals surface area contributed by atoms with E-state index in [4.69, 9.17) is 4.74 Å². The zero-order valence-electron chi connectivity index (χ0n) is 15.6. The molecule has 0 bridgehead atoms. The minimum atomic E-state index is -0.728. The molecule has 1 amide bonds. The van der Waals surface area contributed by atoms with Crippen LogP contribution in [0.2, 0.25) is 0 Å². The summed E-state index contributed by atoms with van der Waals surface area (Å²) in [6.45, 7) is 7.16. The molecule has 2 rings (SSSR count). The first kappa shape index (κ1) is 19.6. The molecule has 7 nitrogen and oxygen atoms in total. The summed E-state index contributed by atoms with van der Waals surface area (Å²) in [6, 6.07) is 6.55. The van der Waals surface area contributed by atoms with Crippen LogP contribution in [0, 0.1) is 0 Å². The summed E-state index contributed by atoms with van der Waals surface area (Å²) in [6.07, 6.45) is 1.80. The molecule has 26 heavy (non-hydrogen) atoms. The molecule has 0 spiro atoms. The van der Waals surface area contributed by atoms with Gasteiger partial charge in [0.15, 0.2) is 12.3 Å². The molecule has 0 radical (unpaired) electrons. The number of hydrogen-bond donors (Lipinski definition) is 1. The average Bonchev–Trinajstić information content (AvgIpc) is 2.60. The van der Waals surface area contributed by atoms with Crippen molar-refractivity contribution in [2.75, 3.05) is 6.61 Å². The molecule has 1 atom stereocenters. The lowest BCUT2D eigenvalue weighted by Crippen LogP contribution is -2.36. The number of ether oxygens (including phenoxy) is 1. The van der Waals surface area contributed by atoms with Crippen LogP contribution in [0.4, 0.5) is 0 Å². The molecule has 1 aromatic carbocycles. The maximum atomic E-state index is 12.5. The third-order valence-corrected chi connectivity index (χ3v) is 3.97. The van der Waals surface area contributed by atoms with E-state index < -0.39 is 5.97 Å². The van der Waals surface area contributed by atoms with Gasteiger partial charge in [0.05, 0.1) is 11.4 Å². The van der Waals surface area contributed by atoms with E-state index in [1.807, 2.05) is 13.8 Å². The van der Waals surface area contributed by atoms with Crippen LogP contribution in [-0.4, -0.2) is 34.3 Å². The van der Waals surface area contributed by atoms with Crippen molar-refractivity contribution in [1.29, 1.82) is 0 Å². The summed E-state index contributed by atoms with van der Waals surface area (Å²) in [4.78, 5) is 36.9. The van der Waals surface area contributed by atoms with Gasteiger partial charge in [0.25, 0.3) is 11.5 Å². The highest BCUT2D eigenvalue weighted by molar-refractivity contribution is 6.02. The van der Waals surface area contributed by atoms with E-state index in [0.717, 1.165) is 12.8 Å². The van der Waals surface area contributed by atoms with Gasteiger partial charge < -0.3 is 10.1 Å². The topological polar surface area (TPSA) is 90.3 Å². The Morgan fingerprint density at radius 3 is 2.46 bits per heavy atom. The molecule has 1 N–H and O–H groups in total. The van der Waals surface area contributed by atoms with Gasteiger partial charge in [-0.25, -0.2) is 9.48 Å². The van der Waals surface area contributed by atoms with E-state index in [1.165, 1.54) is 4.68 Å². The van der Waals surface area contributed by atoms with Gasteiger partial charge in [0.2, 0.25) is 0 Å². The van der Waals surface area contributed by atoms with Crippen LogP contribution in [0.25, 0.3) is 10.8 Å². The normalized spacial score (nSPS) is 12.2. The van der Waals surface area contributed by atoms with E-state index in [-0.39, 0.29) is 35.9 Å². The number of rotatable bonds is 7. The number of fused-ring (bicyclic) bond motifs is 1. The van der Waals surface area contributed by atoms with Gasteiger partial charge in [0.1, 0.15) is 0 Å². The highest BCUT2D eigenvalue weighted by Gasteiger charge is 2.20. The van der Waals surface area contributed by atoms with E-state index >= 15 is 0 Å². The van der Waals surface area contributed by atoms with Crippen molar-refractivity contribution in [1.82, 2.24) is 15.1 Å². The number of esters is 1. The summed E-state index contributed by atoms with van der Waals surface area (Å²) in [5.74, 6) is -1.09. The van der Waals surface area contributed by atoms with Crippen molar-refractivity contribution >= 4 is 22.6 Å². The van der Waals surface area contributed by atoms with Gasteiger partial charge in [-0.3, -0.25) is 9.59 Å². The van der Waals surface area contributed by atoms with E-state index in [9.17, 15) is 14.4 Å². The Hall–Kier alpha value is -2.70. The number of amides is 1. The van der Waals surface area contributed by atoms with Crippen molar-refractivity contribution in [3.05, 3.63) is 40.3 Å². The molecule has 1 heterocycles. The van der Waals surface area contributed by atoms with Crippen LogP contribution < -0.4 is 10.9 Å². The number of aromatic nitrogens is 2. The van der Waals surface area contributed by atoms with Crippen LogP contribution in [-0.2, 0) is 9.53 Å². The molecule has 0 aliphatic carbocycles. The van der Waals surface area contributed by atoms with Gasteiger partial charge in [-0.05, 0) is 33.3 Å². The average molecular weight is 359 g/mol. The fourth-order valence-electron chi connectivity index (χ4n) is 2.73. The lowest BCUT2D eigenvalue weighted by molar-refractivity contribution is -0.124. The first-order valence-corrected chi connectivity index (χ1v) is 8.83. The van der Waals surface area contributed by atoms with Gasteiger partial charge in [-0.1, -0.05) is 31.5 Å². The molecule has 0 fully saturated rings. The zero-order valence-corrected chi connectivity index (χ0v) is 15.6. The van der Waals surface area contributed by atoms with Crippen molar-refractivity contribution in [3.8, 4) is 0 Å². The molecule has 2 aromatic rings. The molecule has 0 saturated carbocycles. The molecule has 1 aromatic heterocycles. The summed E-state index contributed by atoms with van der Waals surface area (Å²) >= 11 is 0. The molecular formula is C19H25N3O4. The van der Waals surface area contributed by atoms with Gasteiger partial charge in [-0.15, -0.1) is 0 Å². The van der Waals surface area contributed by atoms with Crippen LogP contribution >= 0.6 is 0 Å². The first-order chi connectivity index (χ1) is 12.3. The smallest absolute Gasteiger partial charge is 0.359 e. The van der Waals surface area contributed by atoms with Gasteiger partial charge in [0, 0.05) is 11.4 Å². The minimum Gasteiger partial charge on any atom is -0.451 e. The van der Waals surface area contributed by atoms with E-state index in [0.29, 0.717) is 10.8 Å². The van der Waals surface area contributed by atoms with Crippen LogP contribution in [0.3, 0.4) is 0 Å². The van der Waals surface area contributed by atoms with Gasteiger partial charge in [-0.2, -0.15) is 5.10 Å². The highest BCUT2D eigenvalue weighted by Crippen LogP contribution is 2.15. The summed E-state index contributed by atoms with van der Waals surface area (Å²) < 4.78 is 6.38. The van der Waals surface area contributed by atoms with Crippen molar-refractivity contribution < 1.29 is 14.3 Å². The highest BCUT2D eigenvalue weighted by atomic mass is 16.5.